The summed E-state index contributed by atoms with van der Waals surface area (Å²) in [7, 11) is 0. The molecule has 1 aliphatic heterocycles. The first-order valence-corrected chi connectivity index (χ1v) is 9.12. The number of hydrogen-bond donors (Lipinski definition) is 1. The van der Waals surface area contributed by atoms with Gasteiger partial charge < -0.3 is 5.32 Å². The Balaban J connectivity index is 1.95. The van der Waals surface area contributed by atoms with E-state index in [0.717, 1.165) is 33.9 Å². The van der Waals surface area contributed by atoms with Gasteiger partial charge in [-0.3, -0.25) is 4.99 Å². The molecule has 0 bridgehead atoms. The normalized spacial score (nSPS) is 17.0. The Labute approximate surface area is 138 Å². The summed E-state index contributed by atoms with van der Waals surface area (Å²) in [6.45, 7) is 4.46. The molecule has 0 fully saturated rings. The summed E-state index contributed by atoms with van der Waals surface area (Å²) >= 11 is 5.45. The van der Waals surface area contributed by atoms with Gasteiger partial charge in [-0.25, -0.2) is 0 Å². The van der Waals surface area contributed by atoms with Crippen LogP contribution in [0.5, 0.6) is 0 Å². The molecule has 1 heterocycles. The predicted molar refractivity (Wildman–Crippen MR) is 98.5 cm³/mol. The zero-order valence-corrected chi connectivity index (χ0v) is 14.7. The maximum absolute atomic E-state index is 4.94. The zero-order valence-electron chi connectivity index (χ0n) is 12.3. The van der Waals surface area contributed by atoms with Crippen LogP contribution in [0.2, 0.25) is 0 Å². The molecule has 0 unspecified atom stereocenters. The molecular formula is C17H19BrN2S. The van der Waals surface area contributed by atoms with Crippen LogP contribution in [-0.2, 0) is 0 Å². The highest BCUT2D eigenvalue weighted by molar-refractivity contribution is 9.10. The van der Waals surface area contributed by atoms with E-state index in [2.05, 4.69) is 71.5 Å². The number of fused-ring (bicyclic) bond motifs is 1. The lowest BCUT2D eigenvalue weighted by atomic mass is 9.97. The van der Waals surface area contributed by atoms with Crippen LogP contribution < -0.4 is 5.32 Å². The van der Waals surface area contributed by atoms with E-state index in [1.807, 2.05) is 11.8 Å². The fourth-order valence-electron chi connectivity index (χ4n) is 2.65. The Kier molecular flexibility index (Phi) is 4.27. The lowest BCUT2D eigenvalue weighted by molar-refractivity contribution is 0.456. The van der Waals surface area contributed by atoms with Crippen molar-refractivity contribution in [3.8, 4) is 0 Å². The second-order valence-electron chi connectivity index (χ2n) is 5.40. The van der Waals surface area contributed by atoms with E-state index >= 15 is 0 Å². The fourth-order valence-corrected chi connectivity index (χ4v) is 4.44. The first-order chi connectivity index (χ1) is 10.2. The molecule has 2 aromatic rings. The molecule has 0 atom stereocenters. The molecule has 0 radical (unpaired) electrons. The fraction of sp³-hybridized carbons (Fsp3) is 0.353. The molecule has 0 saturated heterocycles. The van der Waals surface area contributed by atoms with Gasteiger partial charge in [0, 0.05) is 21.3 Å². The SMILES string of the molecule is CCC1(CC)CSC(Nc2ccc(Br)c3ccccc23)=N1. The first-order valence-electron chi connectivity index (χ1n) is 7.34. The molecule has 0 aromatic heterocycles. The standard InChI is InChI=1S/C17H19BrN2S/c1-3-17(4-2)11-21-16(20-17)19-15-10-9-14(18)12-7-5-6-8-13(12)15/h5-10H,3-4,11H2,1-2H3,(H,19,20). The van der Waals surface area contributed by atoms with Gasteiger partial charge in [0.25, 0.3) is 0 Å². The van der Waals surface area contributed by atoms with E-state index < -0.39 is 0 Å². The molecule has 0 saturated carbocycles. The number of amidine groups is 1. The van der Waals surface area contributed by atoms with E-state index in [4.69, 9.17) is 4.99 Å². The van der Waals surface area contributed by atoms with Gasteiger partial charge in [-0.05, 0) is 30.4 Å². The Bertz CT molecular complexity index is 692. The van der Waals surface area contributed by atoms with Gasteiger partial charge in [-0.15, -0.1) is 0 Å². The highest BCUT2D eigenvalue weighted by Gasteiger charge is 2.32. The third kappa shape index (κ3) is 2.84. The van der Waals surface area contributed by atoms with Gasteiger partial charge in [-0.2, -0.15) is 0 Å². The number of halogens is 1. The molecule has 2 nitrogen and oxygen atoms in total. The van der Waals surface area contributed by atoms with Crippen LogP contribution >= 0.6 is 27.7 Å². The number of thioether (sulfide) groups is 1. The highest BCUT2D eigenvalue weighted by Crippen LogP contribution is 2.35. The number of benzene rings is 2. The van der Waals surface area contributed by atoms with Crippen molar-refractivity contribution in [2.45, 2.75) is 32.2 Å². The van der Waals surface area contributed by atoms with E-state index in [1.165, 1.54) is 10.8 Å². The second kappa shape index (κ2) is 6.01. The molecule has 4 heteroatoms. The number of anilines is 1. The number of aliphatic imine (C=N–C) groups is 1. The van der Waals surface area contributed by atoms with Gasteiger partial charge in [0.2, 0.25) is 0 Å². The summed E-state index contributed by atoms with van der Waals surface area (Å²) in [6.07, 6.45) is 2.20. The average molecular weight is 363 g/mol. The van der Waals surface area contributed by atoms with Crippen molar-refractivity contribution in [1.82, 2.24) is 0 Å². The smallest absolute Gasteiger partial charge is 0.161 e. The van der Waals surface area contributed by atoms with Crippen molar-refractivity contribution in [1.29, 1.82) is 0 Å². The van der Waals surface area contributed by atoms with Gasteiger partial charge in [0.05, 0.1) is 5.54 Å². The van der Waals surface area contributed by atoms with Crippen molar-refractivity contribution in [3.63, 3.8) is 0 Å². The average Bonchev–Trinajstić information content (AvgIpc) is 2.94. The van der Waals surface area contributed by atoms with Gasteiger partial charge in [-0.1, -0.05) is 65.8 Å². The van der Waals surface area contributed by atoms with Crippen LogP contribution in [0.15, 0.2) is 45.9 Å². The number of hydrogen-bond acceptors (Lipinski definition) is 3. The van der Waals surface area contributed by atoms with E-state index in [-0.39, 0.29) is 5.54 Å². The molecule has 2 aromatic carbocycles. The lowest BCUT2D eigenvalue weighted by Gasteiger charge is -2.20. The van der Waals surface area contributed by atoms with Crippen molar-refractivity contribution in [2.24, 2.45) is 4.99 Å². The summed E-state index contributed by atoms with van der Waals surface area (Å²) in [5.74, 6) is 1.08. The predicted octanol–water partition coefficient (Wildman–Crippen LogP) is 5.68. The molecule has 1 N–H and O–H groups in total. The zero-order chi connectivity index (χ0) is 14.9. The lowest BCUT2D eigenvalue weighted by Crippen LogP contribution is -2.24. The van der Waals surface area contributed by atoms with Crippen LogP contribution in [-0.4, -0.2) is 16.5 Å². The molecule has 110 valence electrons. The highest BCUT2D eigenvalue weighted by atomic mass is 79.9. The Hall–Kier alpha value is -1.00. The summed E-state index contributed by atoms with van der Waals surface area (Å²) in [5, 5.41) is 7.02. The Morgan fingerprint density at radius 1 is 1.14 bits per heavy atom. The molecule has 0 amide bonds. The number of rotatable bonds is 3. The summed E-state index contributed by atoms with van der Waals surface area (Å²) in [4.78, 5) is 4.94. The minimum absolute atomic E-state index is 0.123. The van der Waals surface area contributed by atoms with Crippen molar-refractivity contribution < 1.29 is 0 Å². The van der Waals surface area contributed by atoms with Gasteiger partial charge in [0.1, 0.15) is 0 Å². The van der Waals surface area contributed by atoms with Crippen molar-refractivity contribution >= 4 is 49.3 Å². The summed E-state index contributed by atoms with van der Waals surface area (Å²) in [6, 6.07) is 12.6. The molecule has 0 spiro atoms. The molecule has 0 aliphatic carbocycles. The minimum atomic E-state index is 0.123. The quantitative estimate of drug-likeness (QED) is 0.759. The monoisotopic (exact) mass is 362 g/mol. The van der Waals surface area contributed by atoms with Gasteiger partial charge >= 0.3 is 0 Å². The van der Waals surface area contributed by atoms with E-state index in [1.54, 1.807) is 0 Å². The van der Waals surface area contributed by atoms with Crippen molar-refractivity contribution in [2.75, 3.05) is 11.1 Å². The maximum Gasteiger partial charge on any atom is 0.161 e. The maximum atomic E-state index is 4.94. The van der Waals surface area contributed by atoms with E-state index in [0.29, 0.717) is 0 Å². The third-order valence-electron chi connectivity index (χ3n) is 4.24. The molecular weight excluding hydrogens is 344 g/mol. The molecule has 3 rings (SSSR count). The summed E-state index contributed by atoms with van der Waals surface area (Å²) < 4.78 is 1.13. The van der Waals surface area contributed by atoms with Crippen LogP contribution in [0.4, 0.5) is 5.69 Å². The van der Waals surface area contributed by atoms with Gasteiger partial charge in [0.15, 0.2) is 5.17 Å². The third-order valence-corrected chi connectivity index (χ3v) is 6.08. The summed E-state index contributed by atoms with van der Waals surface area (Å²) in [5.41, 5.74) is 1.25. The Morgan fingerprint density at radius 3 is 2.52 bits per heavy atom. The Morgan fingerprint density at radius 2 is 1.86 bits per heavy atom. The van der Waals surface area contributed by atoms with Crippen LogP contribution in [0, 0.1) is 0 Å². The van der Waals surface area contributed by atoms with Crippen LogP contribution in [0.25, 0.3) is 10.8 Å². The number of nitrogens with one attached hydrogen (secondary N) is 1. The van der Waals surface area contributed by atoms with Crippen LogP contribution in [0.1, 0.15) is 26.7 Å². The molecule has 21 heavy (non-hydrogen) atoms. The first kappa shape index (κ1) is 14.9. The topological polar surface area (TPSA) is 24.4 Å². The van der Waals surface area contributed by atoms with Crippen LogP contribution in [0.3, 0.4) is 0 Å². The minimum Gasteiger partial charge on any atom is -0.334 e. The largest absolute Gasteiger partial charge is 0.334 e. The molecule has 1 aliphatic rings. The van der Waals surface area contributed by atoms with Crippen molar-refractivity contribution in [3.05, 3.63) is 40.9 Å². The second-order valence-corrected chi connectivity index (χ2v) is 7.22. The number of nitrogens with zero attached hydrogens (tertiary/aromatic N) is 1. The van der Waals surface area contributed by atoms with E-state index in [9.17, 15) is 0 Å².